The van der Waals surface area contributed by atoms with Gasteiger partial charge in [-0.1, -0.05) is 6.92 Å². The SMILES string of the molecule is CCPCC(=O)CN. The van der Waals surface area contributed by atoms with Gasteiger partial charge in [-0.15, -0.1) is 8.58 Å². The molecular formula is C5H12NOP. The molecular weight excluding hydrogens is 121 g/mol. The predicted octanol–water partition coefficient (Wildman–Crippen LogP) is 0.213. The Morgan fingerprint density at radius 2 is 2.38 bits per heavy atom. The Hall–Kier alpha value is 0.0600. The fraction of sp³-hybridized carbons (Fsp3) is 0.800. The molecule has 0 saturated heterocycles. The molecule has 0 heterocycles. The van der Waals surface area contributed by atoms with Crippen molar-refractivity contribution in [3.05, 3.63) is 0 Å². The zero-order valence-electron chi connectivity index (χ0n) is 5.11. The van der Waals surface area contributed by atoms with E-state index in [4.69, 9.17) is 5.73 Å². The third kappa shape index (κ3) is 4.23. The van der Waals surface area contributed by atoms with Crippen LogP contribution in [0.3, 0.4) is 0 Å². The molecule has 1 unspecified atom stereocenters. The Labute approximate surface area is 51.6 Å². The topological polar surface area (TPSA) is 43.1 Å². The number of ketones is 1. The maximum atomic E-state index is 10.5. The summed E-state index contributed by atoms with van der Waals surface area (Å²) in [6, 6.07) is 0. The van der Waals surface area contributed by atoms with E-state index in [0.717, 1.165) is 14.7 Å². The van der Waals surface area contributed by atoms with E-state index in [2.05, 4.69) is 6.92 Å². The van der Waals surface area contributed by atoms with Gasteiger partial charge in [0, 0.05) is 6.16 Å². The van der Waals surface area contributed by atoms with Crippen molar-refractivity contribution in [2.24, 2.45) is 5.73 Å². The fourth-order valence-electron chi connectivity index (χ4n) is 0.337. The quantitative estimate of drug-likeness (QED) is 0.557. The van der Waals surface area contributed by atoms with Crippen molar-refractivity contribution >= 4 is 14.4 Å². The third-order valence-electron chi connectivity index (χ3n) is 0.800. The highest BCUT2D eigenvalue weighted by molar-refractivity contribution is 7.39. The fourth-order valence-corrected chi connectivity index (χ4v) is 1.01. The van der Waals surface area contributed by atoms with E-state index in [1.165, 1.54) is 0 Å². The molecule has 0 amide bonds. The lowest BCUT2D eigenvalue weighted by Crippen LogP contribution is -2.14. The van der Waals surface area contributed by atoms with E-state index in [0.29, 0.717) is 6.16 Å². The van der Waals surface area contributed by atoms with Crippen LogP contribution in [0.2, 0.25) is 0 Å². The first-order valence-corrected chi connectivity index (χ1v) is 4.15. The Morgan fingerprint density at radius 3 is 2.75 bits per heavy atom. The van der Waals surface area contributed by atoms with Gasteiger partial charge in [0.05, 0.1) is 6.54 Å². The molecule has 0 radical (unpaired) electrons. The molecule has 8 heavy (non-hydrogen) atoms. The third-order valence-corrected chi connectivity index (χ3v) is 1.94. The average molecular weight is 133 g/mol. The number of hydrogen-bond donors (Lipinski definition) is 1. The molecule has 1 atom stereocenters. The van der Waals surface area contributed by atoms with Crippen molar-refractivity contribution in [3.8, 4) is 0 Å². The minimum absolute atomic E-state index is 0.185. The zero-order valence-corrected chi connectivity index (χ0v) is 6.11. The van der Waals surface area contributed by atoms with Crippen molar-refractivity contribution in [3.63, 3.8) is 0 Å². The van der Waals surface area contributed by atoms with Gasteiger partial charge in [0.2, 0.25) is 0 Å². The molecule has 0 aliphatic heterocycles. The molecule has 0 aliphatic rings. The van der Waals surface area contributed by atoms with Crippen LogP contribution in [0.25, 0.3) is 0 Å². The normalized spacial score (nSPS) is 10.8. The van der Waals surface area contributed by atoms with Gasteiger partial charge in [0.25, 0.3) is 0 Å². The molecule has 0 aromatic carbocycles. The molecule has 0 aliphatic carbocycles. The summed E-state index contributed by atoms with van der Waals surface area (Å²) in [5, 5.41) is 0. The number of carbonyl (C=O) groups is 1. The van der Waals surface area contributed by atoms with E-state index in [1.54, 1.807) is 0 Å². The molecule has 3 heteroatoms. The largest absolute Gasteiger partial charge is 0.324 e. The Balaban J connectivity index is 2.99. The van der Waals surface area contributed by atoms with Crippen LogP contribution in [0, 0.1) is 0 Å². The van der Waals surface area contributed by atoms with Crippen LogP contribution in [-0.2, 0) is 4.79 Å². The summed E-state index contributed by atoms with van der Waals surface area (Å²) < 4.78 is 0. The zero-order chi connectivity index (χ0) is 6.41. The average Bonchev–Trinajstić information content (AvgIpc) is 1.83. The molecule has 0 aromatic rings. The van der Waals surface area contributed by atoms with Crippen LogP contribution in [-0.4, -0.2) is 24.7 Å². The van der Waals surface area contributed by atoms with Crippen LogP contribution in [0.15, 0.2) is 0 Å². The second kappa shape index (κ2) is 5.20. The summed E-state index contributed by atoms with van der Waals surface area (Å²) in [7, 11) is 0.772. The summed E-state index contributed by atoms with van der Waals surface area (Å²) >= 11 is 0. The minimum Gasteiger partial charge on any atom is -0.324 e. The molecule has 2 N–H and O–H groups in total. The first kappa shape index (κ1) is 8.06. The maximum absolute atomic E-state index is 10.5. The highest BCUT2D eigenvalue weighted by Gasteiger charge is 1.93. The lowest BCUT2D eigenvalue weighted by Gasteiger charge is -1.91. The first-order chi connectivity index (χ1) is 3.81. The van der Waals surface area contributed by atoms with Gasteiger partial charge in [-0.05, 0) is 6.16 Å². The molecule has 0 spiro atoms. The van der Waals surface area contributed by atoms with E-state index in [-0.39, 0.29) is 12.3 Å². The predicted molar refractivity (Wildman–Crippen MR) is 37.8 cm³/mol. The number of carbonyl (C=O) groups excluding carboxylic acids is 1. The van der Waals surface area contributed by atoms with Crippen molar-refractivity contribution in [2.75, 3.05) is 18.9 Å². The first-order valence-electron chi connectivity index (χ1n) is 2.73. The molecule has 48 valence electrons. The van der Waals surface area contributed by atoms with Gasteiger partial charge in [-0.2, -0.15) is 0 Å². The van der Waals surface area contributed by atoms with Gasteiger partial charge in [-0.25, -0.2) is 0 Å². The highest BCUT2D eigenvalue weighted by atomic mass is 31.1. The molecule has 0 fully saturated rings. The Kier molecular flexibility index (Phi) is 5.24. The molecule has 0 bridgehead atoms. The molecule has 2 nitrogen and oxygen atoms in total. The van der Waals surface area contributed by atoms with Gasteiger partial charge >= 0.3 is 0 Å². The lowest BCUT2D eigenvalue weighted by atomic mass is 10.5. The summed E-state index contributed by atoms with van der Waals surface area (Å²) in [6.07, 6.45) is 1.79. The lowest BCUT2D eigenvalue weighted by molar-refractivity contribution is -0.115. The Morgan fingerprint density at radius 1 is 1.75 bits per heavy atom. The van der Waals surface area contributed by atoms with Gasteiger partial charge < -0.3 is 5.73 Å². The summed E-state index contributed by atoms with van der Waals surface area (Å²) in [5.41, 5.74) is 5.07. The second-order valence-electron chi connectivity index (χ2n) is 1.52. The summed E-state index contributed by atoms with van der Waals surface area (Å²) in [5.74, 6) is 0.185. The van der Waals surface area contributed by atoms with Crippen molar-refractivity contribution in [1.82, 2.24) is 0 Å². The van der Waals surface area contributed by atoms with E-state index < -0.39 is 0 Å². The number of Topliss-reactive ketones (excluding diaryl/α,β-unsaturated/α-hetero) is 1. The highest BCUT2D eigenvalue weighted by Crippen LogP contribution is 2.06. The minimum atomic E-state index is 0.185. The van der Waals surface area contributed by atoms with E-state index in [9.17, 15) is 4.79 Å². The maximum Gasteiger partial charge on any atom is 0.150 e. The van der Waals surface area contributed by atoms with Crippen molar-refractivity contribution < 1.29 is 4.79 Å². The van der Waals surface area contributed by atoms with Crippen LogP contribution in [0.5, 0.6) is 0 Å². The number of rotatable bonds is 4. The Bertz CT molecular complexity index is 74.8. The van der Waals surface area contributed by atoms with Crippen LogP contribution >= 0.6 is 8.58 Å². The van der Waals surface area contributed by atoms with Crippen LogP contribution < -0.4 is 5.73 Å². The van der Waals surface area contributed by atoms with Gasteiger partial charge in [0.1, 0.15) is 5.78 Å². The summed E-state index contributed by atoms with van der Waals surface area (Å²) in [6.45, 7) is 2.29. The second-order valence-corrected chi connectivity index (χ2v) is 3.08. The number of nitrogens with two attached hydrogens (primary N) is 1. The smallest absolute Gasteiger partial charge is 0.150 e. The molecule has 0 aromatic heterocycles. The van der Waals surface area contributed by atoms with Crippen molar-refractivity contribution in [1.29, 1.82) is 0 Å². The van der Waals surface area contributed by atoms with E-state index in [1.807, 2.05) is 0 Å². The number of hydrogen-bond acceptors (Lipinski definition) is 2. The molecule has 0 saturated carbocycles. The molecule has 0 rings (SSSR count). The van der Waals surface area contributed by atoms with Gasteiger partial charge in [-0.3, -0.25) is 4.79 Å². The summed E-state index contributed by atoms with van der Waals surface area (Å²) in [4.78, 5) is 10.5. The van der Waals surface area contributed by atoms with Crippen LogP contribution in [0.1, 0.15) is 6.92 Å². The van der Waals surface area contributed by atoms with Crippen molar-refractivity contribution in [2.45, 2.75) is 6.92 Å². The monoisotopic (exact) mass is 133 g/mol. The van der Waals surface area contributed by atoms with E-state index >= 15 is 0 Å². The van der Waals surface area contributed by atoms with Crippen LogP contribution in [0.4, 0.5) is 0 Å². The van der Waals surface area contributed by atoms with Gasteiger partial charge in [0.15, 0.2) is 0 Å². The standard InChI is InChI=1S/C5H12NOP/c1-2-8-4-5(7)3-6/h8H,2-4,6H2,1H3.